The van der Waals surface area contributed by atoms with Gasteiger partial charge in [0.2, 0.25) is 5.71 Å². The molecular weight excluding hydrogens is 709 g/mol. The normalized spacial score (nSPS) is 12.0. The first kappa shape index (κ1) is 30.8. The predicted molar refractivity (Wildman–Crippen MR) is 234 cm³/mol. The van der Waals surface area contributed by atoms with Gasteiger partial charge in [-0.3, -0.25) is 0 Å². The van der Waals surface area contributed by atoms with Crippen molar-refractivity contribution >= 4 is 96.3 Å². The topological polar surface area (TPSA) is 38.9 Å². The van der Waals surface area contributed by atoms with E-state index in [1.165, 1.54) is 62.6 Å². The van der Waals surface area contributed by atoms with Crippen LogP contribution < -0.4 is 0 Å². The van der Waals surface area contributed by atoms with E-state index in [0.29, 0.717) is 5.71 Å². The van der Waals surface area contributed by atoms with E-state index in [-0.39, 0.29) is 0 Å². The van der Waals surface area contributed by atoms with E-state index < -0.39 is 0 Å². The van der Waals surface area contributed by atoms with Gasteiger partial charge in [-0.25, -0.2) is 9.97 Å². The van der Waals surface area contributed by atoms with Crippen LogP contribution in [0, 0.1) is 0 Å². The van der Waals surface area contributed by atoms with E-state index in [0.717, 1.165) is 49.8 Å². The quantitative estimate of drug-likeness (QED) is 0.181. The molecule has 0 saturated carbocycles. The smallest absolute Gasteiger partial charge is 0.246 e. The molecule has 0 radical (unpaired) electrons. The van der Waals surface area contributed by atoms with E-state index in [9.17, 15) is 0 Å². The Morgan fingerprint density at radius 2 is 0.873 bits per heavy atom. The van der Waals surface area contributed by atoms with Crippen molar-refractivity contribution in [1.29, 1.82) is 0 Å². The van der Waals surface area contributed by atoms with Crippen molar-refractivity contribution in [2.45, 2.75) is 0 Å². The SMILES string of the molecule is c1cc(-c2ccc3nc4c(nc3c2)oc2c(-c3cccc(-c5cccc6c5sc5ccccc56)c3)cccc24)cc(-c2cccc3c2sc2ccccc23)c1. The summed E-state index contributed by atoms with van der Waals surface area (Å²) in [5, 5.41) is 6.19. The minimum absolute atomic E-state index is 0.545. The van der Waals surface area contributed by atoms with Gasteiger partial charge in [-0.1, -0.05) is 127 Å². The Morgan fingerprint density at radius 3 is 1.55 bits per heavy atom. The molecule has 4 heterocycles. The molecule has 0 bridgehead atoms. The minimum Gasteiger partial charge on any atom is -0.436 e. The molecule has 12 aromatic rings. The Labute approximate surface area is 323 Å². The monoisotopic (exact) mass is 736 g/mol. The first-order valence-electron chi connectivity index (χ1n) is 18.4. The Balaban J connectivity index is 0.941. The predicted octanol–water partition coefficient (Wildman–Crippen LogP) is 14.9. The summed E-state index contributed by atoms with van der Waals surface area (Å²) in [5.41, 5.74) is 13.0. The fourth-order valence-electron chi connectivity index (χ4n) is 8.29. The maximum absolute atomic E-state index is 6.62. The lowest BCUT2D eigenvalue weighted by molar-refractivity contribution is 0.656. The number of aromatic nitrogens is 2. The highest BCUT2D eigenvalue weighted by Gasteiger charge is 2.18. The molecule has 8 aromatic carbocycles. The van der Waals surface area contributed by atoms with Crippen molar-refractivity contribution in [2.75, 3.05) is 0 Å². The molecule has 0 unspecified atom stereocenters. The summed E-state index contributed by atoms with van der Waals surface area (Å²) in [4.78, 5) is 10.2. The van der Waals surface area contributed by atoms with E-state index in [1.807, 2.05) is 22.7 Å². The molecule has 0 aliphatic heterocycles. The summed E-state index contributed by atoms with van der Waals surface area (Å²) in [6.07, 6.45) is 0. The van der Waals surface area contributed by atoms with Crippen LogP contribution in [0.3, 0.4) is 0 Å². The Hall–Kier alpha value is -6.66. The lowest BCUT2D eigenvalue weighted by Crippen LogP contribution is -1.87. The molecule has 0 aliphatic rings. The third-order valence-corrected chi connectivity index (χ3v) is 13.3. The summed E-state index contributed by atoms with van der Waals surface area (Å²) in [7, 11) is 0. The van der Waals surface area contributed by atoms with Crippen molar-refractivity contribution in [3.05, 3.63) is 170 Å². The number of nitrogens with zero attached hydrogens (tertiary/aromatic N) is 2. The van der Waals surface area contributed by atoms with Gasteiger partial charge in [-0.05, 0) is 81.4 Å². The standard InChI is InChI=1S/C50H28N2OS2/c1-3-22-44-37(14-1)39-19-8-17-35(48(39)54-44)32-12-5-10-29(26-32)30-24-25-42-43(28-30)52-50-46(51-42)41-21-7-16-34(47(41)53-50)31-11-6-13-33(27-31)36-18-9-20-40-38-15-2-4-23-45(38)55-49(36)40/h1-28H. The van der Waals surface area contributed by atoms with Gasteiger partial charge in [0.1, 0.15) is 11.1 Å². The van der Waals surface area contributed by atoms with Crippen molar-refractivity contribution in [3.8, 4) is 44.5 Å². The highest BCUT2D eigenvalue weighted by atomic mass is 32.1. The second-order valence-corrected chi connectivity index (χ2v) is 16.2. The zero-order valence-corrected chi connectivity index (χ0v) is 30.9. The van der Waals surface area contributed by atoms with Crippen molar-refractivity contribution < 1.29 is 4.42 Å². The number of para-hydroxylation sites is 1. The zero-order valence-electron chi connectivity index (χ0n) is 29.3. The number of hydrogen-bond donors (Lipinski definition) is 0. The molecule has 256 valence electrons. The lowest BCUT2D eigenvalue weighted by Gasteiger charge is -2.08. The van der Waals surface area contributed by atoms with Crippen LogP contribution in [0.4, 0.5) is 0 Å². The molecule has 0 fully saturated rings. The highest BCUT2D eigenvalue weighted by Crippen LogP contribution is 2.43. The molecule has 55 heavy (non-hydrogen) atoms. The van der Waals surface area contributed by atoms with Crippen LogP contribution in [-0.2, 0) is 0 Å². The van der Waals surface area contributed by atoms with Crippen molar-refractivity contribution in [3.63, 3.8) is 0 Å². The van der Waals surface area contributed by atoms with Crippen LogP contribution in [0.15, 0.2) is 174 Å². The second kappa shape index (κ2) is 11.9. The fraction of sp³-hybridized carbons (Fsp3) is 0. The molecule has 0 aliphatic carbocycles. The molecule has 0 amide bonds. The summed E-state index contributed by atoms with van der Waals surface area (Å²) in [6.45, 7) is 0. The molecule has 0 N–H and O–H groups in total. The molecule has 4 aromatic heterocycles. The van der Waals surface area contributed by atoms with Gasteiger partial charge in [0.25, 0.3) is 0 Å². The summed E-state index contributed by atoms with van der Waals surface area (Å²) in [6, 6.07) is 60.9. The van der Waals surface area contributed by atoms with Crippen LogP contribution in [0.5, 0.6) is 0 Å². The van der Waals surface area contributed by atoms with Crippen molar-refractivity contribution in [2.24, 2.45) is 0 Å². The summed E-state index contributed by atoms with van der Waals surface area (Å²) in [5.74, 6) is 0. The maximum Gasteiger partial charge on any atom is 0.246 e. The van der Waals surface area contributed by atoms with E-state index in [1.54, 1.807) is 0 Å². The van der Waals surface area contributed by atoms with E-state index in [4.69, 9.17) is 14.4 Å². The van der Waals surface area contributed by atoms with E-state index in [2.05, 4.69) is 170 Å². The number of rotatable bonds is 4. The zero-order chi connectivity index (χ0) is 36.0. The number of hydrogen-bond acceptors (Lipinski definition) is 5. The van der Waals surface area contributed by atoms with Crippen molar-refractivity contribution in [1.82, 2.24) is 9.97 Å². The average Bonchev–Trinajstić information content (AvgIpc) is 3.94. The molecule has 12 rings (SSSR count). The Morgan fingerprint density at radius 1 is 0.364 bits per heavy atom. The molecule has 0 atom stereocenters. The van der Waals surface area contributed by atoms with Crippen LogP contribution in [0.25, 0.3) is 118 Å². The Bertz CT molecular complexity index is 3520. The molecule has 5 heteroatoms. The average molecular weight is 737 g/mol. The van der Waals surface area contributed by atoms with Gasteiger partial charge >= 0.3 is 0 Å². The van der Waals surface area contributed by atoms with Crippen LogP contribution >= 0.6 is 22.7 Å². The lowest BCUT2D eigenvalue weighted by atomic mass is 9.97. The van der Waals surface area contributed by atoms with Crippen LogP contribution in [-0.4, -0.2) is 9.97 Å². The summed E-state index contributed by atoms with van der Waals surface area (Å²) >= 11 is 3.72. The first-order chi connectivity index (χ1) is 27.2. The van der Waals surface area contributed by atoms with Gasteiger partial charge in [-0.15, -0.1) is 22.7 Å². The van der Waals surface area contributed by atoms with Gasteiger partial charge < -0.3 is 4.42 Å². The van der Waals surface area contributed by atoms with E-state index >= 15 is 0 Å². The van der Waals surface area contributed by atoms with Gasteiger partial charge in [-0.2, -0.15) is 0 Å². The highest BCUT2D eigenvalue weighted by molar-refractivity contribution is 7.26. The third-order valence-electron chi connectivity index (χ3n) is 10.9. The maximum atomic E-state index is 6.62. The van der Waals surface area contributed by atoms with Crippen LogP contribution in [0.2, 0.25) is 0 Å². The fourth-order valence-corrected chi connectivity index (χ4v) is 10.8. The molecule has 3 nitrogen and oxygen atoms in total. The molecule has 0 spiro atoms. The Kier molecular flexibility index (Phi) is 6.67. The molecule has 0 saturated heterocycles. The van der Waals surface area contributed by atoms with Gasteiger partial charge in [0, 0.05) is 51.3 Å². The van der Waals surface area contributed by atoms with Gasteiger partial charge in [0.05, 0.1) is 11.0 Å². The second-order valence-electron chi connectivity index (χ2n) is 14.1. The molecular formula is C50H28N2OS2. The summed E-state index contributed by atoms with van der Waals surface area (Å²) < 4.78 is 11.9. The van der Waals surface area contributed by atoms with Gasteiger partial charge in [0.15, 0.2) is 0 Å². The number of thiophene rings is 2. The van der Waals surface area contributed by atoms with Crippen LogP contribution in [0.1, 0.15) is 0 Å². The number of furan rings is 1. The minimum atomic E-state index is 0.545. The largest absolute Gasteiger partial charge is 0.436 e. The number of fused-ring (bicyclic) bond motifs is 10. The number of benzene rings is 8. The first-order valence-corrected chi connectivity index (χ1v) is 20.0. The third kappa shape index (κ3) is 4.80.